The van der Waals surface area contributed by atoms with Gasteiger partial charge >= 0.3 is 7.12 Å². The largest absolute Gasteiger partial charge is 0.495 e. The van der Waals surface area contributed by atoms with Crippen molar-refractivity contribution in [2.45, 2.75) is 37.9 Å². The van der Waals surface area contributed by atoms with Crippen LogP contribution in [0.25, 0.3) is 22.3 Å². The molecule has 0 N–H and O–H groups in total. The minimum absolute atomic E-state index is 0.223. The zero-order valence-electron chi connectivity index (χ0n) is 22.2. The van der Waals surface area contributed by atoms with Crippen LogP contribution in [0.1, 0.15) is 17.5 Å². The minimum atomic E-state index is -0.505. The summed E-state index contributed by atoms with van der Waals surface area (Å²) in [5.41, 5.74) is 8.15. The quantitative estimate of drug-likeness (QED) is 0.267. The van der Waals surface area contributed by atoms with Crippen molar-refractivity contribution in [3.8, 4) is 22.3 Å². The molecule has 198 valence electrons. The SMILES string of the molecule is CO[C@H]1C[C@H](OB2OCCc3cc(-c4ccccc4)cc(-c4ccccc4)c32)[C@@H](COCc2ccccc2)O1. The number of hydrogen-bond acceptors (Lipinski definition) is 5. The summed E-state index contributed by atoms with van der Waals surface area (Å²) >= 11 is 0. The molecule has 1 saturated heterocycles. The molecule has 4 aromatic carbocycles. The first-order valence-corrected chi connectivity index (χ1v) is 13.6. The predicted molar refractivity (Wildman–Crippen MR) is 154 cm³/mol. The molecule has 5 nitrogen and oxygen atoms in total. The number of methoxy groups -OCH3 is 1. The maximum Gasteiger partial charge on any atom is 0.495 e. The lowest BCUT2D eigenvalue weighted by Crippen LogP contribution is -2.48. The Balaban J connectivity index is 1.28. The number of fused-ring (bicyclic) bond motifs is 1. The van der Waals surface area contributed by atoms with Crippen LogP contribution in [0.15, 0.2) is 103 Å². The Kier molecular flexibility index (Phi) is 8.19. The first-order chi connectivity index (χ1) is 19.3. The van der Waals surface area contributed by atoms with E-state index in [1.807, 2.05) is 24.3 Å². The Morgan fingerprint density at radius 1 is 0.821 bits per heavy atom. The first-order valence-electron chi connectivity index (χ1n) is 13.6. The van der Waals surface area contributed by atoms with E-state index in [4.69, 9.17) is 23.5 Å². The summed E-state index contributed by atoms with van der Waals surface area (Å²) in [6.07, 6.45) is 0.641. The molecule has 0 amide bonds. The Morgan fingerprint density at radius 2 is 1.51 bits per heavy atom. The highest BCUT2D eigenvalue weighted by molar-refractivity contribution is 6.64. The van der Waals surface area contributed by atoms with Crippen LogP contribution < -0.4 is 5.46 Å². The molecule has 0 aliphatic carbocycles. The zero-order valence-corrected chi connectivity index (χ0v) is 22.2. The van der Waals surface area contributed by atoms with Crippen LogP contribution in [-0.4, -0.2) is 45.9 Å². The van der Waals surface area contributed by atoms with Gasteiger partial charge in [0, 0.05) is 20.1 Å². The summed E-state index contributed by atoms with van der Waals surface area (Å²) in [5, 5.41) is 0. The van der Waals surface area contributed by atoms with Gasteiger partial charge in [0.05, 0.1) is 19.3 Å². The van der Waals surface area contributed by atoms with E-state index in [0.29, 0.717) is 26.2 Å². The smallest absolute Gasteiger partial charge is 0.407 e. The van der Waals surface area contributed by atoms with Gasteiger partial charge in [0.25, 0.3) is 0 Å². The lowest BCUT2D eigenvalue weighted by molar-refractivity contribution is -0.133. The summed E-state index contributed by atoms with van der Waals surface area (Å²) in [6.45, 7) is 1.53. The summed E-state index contributed by atoms with van der Waals surface area (Å²) in [5.74, 6) is 0. The molecule has 6 heteroatoms. The Morgan fingerprint density at radius 3 is 2.23 bits per heavy atom. The average molecular weight is 520 g/mol. The summed E-state index contributed by atoms with van der Waals surface area (Å²) in [6, 6.07) is 35.7. The maximum absolute atomic E-state index is 6.73. The van der Waals surface area contributed by atoms with Gasteiger partial charge in [-0.15, -0.1) is 0 Å². The molecule has 39 heavy (non-hydrogen) atoms. The van der Waals surface area contributed by atoms with Crippen LogP contribution >= 0.6 is 0 Å². The van der Waals surface area contributed by atoms with Crippen molar-refractivity contribution in [2.75, 3.05) is 20.3 Å². The number of rotatable bonds is 9. The molecule has 2 aliphatic rings. The van der Waals surface area contributed by atoms with Gasteiger partial charge in [0.15, 0.2) is 6.29 Å². The second kappa shape index (κ2) is 12.3. The van der Waals surface area contributed by atoms with Crippen LogP contribution in [0.2, 0.25) is 0 Å². The molecule has 1 fully saturated rings. The molecule has 0 saturated carbocycles. The molecule has 0 spiro atoms. The van der Waals surface area contributed by atoms with Crippen molar-refractivity contribution in [3.05, 3.63) is 114 Å². The van der Waals surface area contributed by atoms with E-state index in [1.165, 1.54) is 16.7 Å². The second-order valence-electron chi connectivity index (χ2n) is 10.0. The minimum Gasteiger partial charge on any atom is -0.407 e. The fraction of sp³-hybridized carbons (Fsp3) is 0.273. The van der Waals surface area contributed by atoms with E-state index in [0.717, 1.165) is 28.6 Å². The molecular formula is C33H33BO5. The Bertz CT molecular complexity index is 1350. The van der Waals surface area contributed by atoms with Crippen LogP contribution in [-0.2, 0) is 36.5 Å². The van der Waals surface area contributed by atoms with Crippen molar-refractivity contribution in [3.63, 3.8) is 0 Å². The molecule has 2 heterocycles. The monoisotopic (exact) mass is 520 g/mol. The van der Waals surface area contributed by atoms with E-state index in [2.05, 4.69) is 78.9 Å². The molecule has 2 aliphatic heterocycles. The predicted octanol–water partition coefficient (Wildman–Crippen LogP) is 5.65. The molecule has 0 aromatic heterocycles. The molecular weight excluding hydrogens is 487 g/mol. The van der Waals surface area contributed by atoms with Crippen molar-refractivity contribution < 1.29 is 23.5 Å². The van der Waals surface area contributed by atoms with Crippen LogP contribution in [0.4, 0.5) is 0 Å². The first kappa shape index (κ1) is 26.0. The van der Waals surface area contributed by atoms with Crippen molar-refractivity contribution in [1.82, 2.24) is 0 Å². The van der Waals surface area contributed by atoms with E-state index in [9.17, 15) is 0 Å². The Hall–Kier alpha value is -3.26. The normalized spacial score (nSPS) is 20.6. The van der Waals surface area contributed by atoms with Gasteiger partial charge in [-0.05, 0) is 51.3 Å². The lowest BCUT2D eigenvalue weighted by Gasteiger charge is -2.29. The number of ether oxygens (including phenoxy) is 3. The van der Waals surface area contributed by atoms with Gasteiger partial charge in [-0.25, -0.2) is 0 Å². The Labute approximate surface area is 230 Å². The highest BCUT2D eigenvalue weighted by Gasteiger charge is 2.42. The summed E-state index contributed by atoms with van der Waals surface area (Å²) < 4.78 is 30.8. The fourth-order valence-electron chi connectivity index (χ4n) is 5.47. The van der Waals surface area contributed by atoms with Crippen molar-refractivity contribution in [1.29, 1.82) is 0 Å². The maximum atomic E-state index is 6.73. The van der Waals surface area contributed by atoms with Gasteiger partial charge in [-0.1, -0.05) is 97.1 Å². The topological polar surface area (TPSA) is 46.2 Å². The van der Waals surface area contributed by atoms with Gasteiger partial charge in [0.1, 0.15) is 6.10 Å². The third-order valence-electron chi connectivity index (χ3n) is 7.45. The van der Waals surface area contributed by atoms with Gasteiger partial charge in [-0.2, -0.15) is 0 Å². The molecule has 0 unspecified atom stereocenters. The van der Waals surface area contributed by atoms with Crippen molar-refractivity contribution in [2.24, 2.45) is 0 Å². The second-order valence-corrected chi connectivity index (χ2v) is 10.0. The van der Waals surface area contributed by atoms with E-state index < -0.39 is 7.12 Å². The van der Waals surface area contributed by atoms with Crippen LogP contribution in [0.3, 0.4) is 0 Å². The van der Waals surface area contributed by atoms with Gasteiger partial charge in [-0.3, -0.25) is 0 Å². The lowest BCUT2D eigenvalue weighted by atomic mass is 9.68. The molecule has 3 atom stereocenters. The summed E-state index contributed by atoms with van der Waals surface area (Å²) in [7, 11) is 1.16. The average Bonchev–Trinajstić information content (AvgIpc) is 3.39. The van der Waals surface area contributed by atoms with E-state index in [1.54, 1.807) is 7.11 Å². The standard InChI is InChI=1S/C33H33BO5/c1-35-32-21-30(31(38-32)23-36-22-24-11-5-2-6-12-24)39-34-33-27(17-18-37-34)19-28(25-13-7-3-8-14-25)20-29(33)26-15-9-4-10-16-26/h2-16,19-20,30-32H,17-18,21-23H2,1H3/t30-,31+,32+/m0/s1. The number of hydrogen-bond donors (Lipinski definition) is 0. The fourth-order valence-corrected chi connectivity index (χ4v) is 5.47. The molecule has 4 aromatic rings. The molecule has 6 rings (SSSR count). The van der Waals surface area contributed by atoms with Crippen molar-refractivity contribution >= 4 is 12.6 Å². The van der Waals surface area contributed by atoms with E-state index in [-0.39, 0.29) is 18.5 Å². The van der Waals surface area contributed by atoms with Crippen LogP contribution in [0.5, 0.6) is 0 Å². The third-order valence-corrected chi connectivity index (χ3v) is 7.45. The van der Waals surface area contributed by atoms with Gasteiger partial charge in [0.2, 0.25) is 0 Å². The van der Waals surface area contributed by atoms with E-state index >= 15 is 0 Å². The van der Waals surface area contributed by atoms with Crippen LogP contribution in [0, 0.1) is 0 Å². The van der Waals surface area contributed by atoms with Gasteiger partial charge < -0.3 is 23.5 Å². The third kappa shape index (κ3) is 6.01. The number of benzene rings is 4. The highest BCUT2D eigenvalue weighted by atomic mass is 16.7. The molecule has 0 bridgehead atoms. The summed E-state index contributed by atoms with van der Waals surface area (Å²) in [4.78, 5) is 0. The molecule has 0 radical (unpaired) electrons. The zero-order chi connectivity index (χ0) is 26.4. The highest BCUT2D eigenvalue weighted by Crippen LogP contribution is 2.31.